The Labute approximate surface area is 127 Å². The lowest BCUT2D eigenvalue weighted by molar-refractivity contribution is 0.138. The van der Waals surface area contributed by atoms with Gasteiger partial charge in [-0.05, 0) is 58.6 Å². The van der Waals surface area contributed by atoms with Crippen LogP contribution in [0, 0.1) is 0 Å². The predicted octanol–water partition coefficient (Wildman–Crippen LogP) is 3.85. The third-order valence-corrected chi connectivity index (χ3v) is 4.62. The number of hydrogen-bond donors (Lipinski definition) is 1. The molecule has 0 aliphatic rings. The van der Waals surface area contributed by atoms with Gasteiger partial charge in [0.2, 0.25) is 0 Å². The third-order valence-electron chi connectivity index (χ3n) is 3.88. The van der Waals surface area contributed by atoms with Crippen molar-refractivity contribution in [2.24, 2.45) is 0 Å². The molecule has 1 aromatic carbocycles. The Morgan fingerprint density at radius 1 is 1.21 bits per heavy atom. The fourth-order valence-electron chi connectivity index (χ4n) is 2.03. The molecule has 0 bridgehead atoms. The monoisotopic (exact) mass is 302 g/mol. The molecule has 0 aliphatic heterocycles. The van der Waals surface area contributed by atoms with Crippen LogP contribution in [-0.4, -0.2) is 37.1 Å². The van der Waals surface area contributed by atoms with Crippen LogP contribution in [0.3, 0.4) is 0 Å². The molecule has 1 N–H and O–H groups in total. The SMILES string of the molecule is CCNC(Cc1ccc(Cl)c(Cl)c1)C(C)(C)N(C)C. The van der Waals surface area contributed by atoms with Gasteiger partial charge in [0.25, 0.3) is 0 Å². The molecule has 1 rings (SSSR count). The Kier molecular flexibility index (Phi) is 6.13. The summed E-state index contributed by atoms with van der Waals surface area (Å²) in [6, 6.07) is 6.22. The van der Waals surface area contributed by atoms with Gasteiger partial charge in [0.15, 0.2) is 0 Å². The van der Waals surface area contributed by atoms with Gasteiger partial charge in [-0.15, -0.1) is 0 Å². The van der Waals surface area contributed by atoms with Gasteiger partial charge in [-0.3, -0.25) is 0 Å². The van der Waals surface area contributed by atoms with Gasteiger partial charge in [0.1, 0.15) is 0 Å². The number of likely N-dealkylation sites (N-methyl/N-ethyl adjacent to an activating group) is 2. The molecule has 0 saturated heterocycles. The van der Waals surface area contributed by atoms with Crippen molar-refractivity contribution in [3.63, 3.8) is 0 Å². The molecule has 1 atom stereocenters. The van der Waals surface area contributed by atoms with Crippen LogP contribution >= 0.6 is 23.2 Å². The molecular formula is C15H24Cl2N2. The second kappa shape index (κ2) is 6.94. The average Bonchev–Trinajstić information content (AvgIpc) is 2.33. The number of benzene rings is 1. The van der Waals surface area contributed by atoms with Crippen molar-refractivity contribution in [3.8, 4) is 0 Å². The van der Waals surface area contributed by atoms with Gasteiger partial charge in [-0.1, -0.05) is 36.2 Å². The summed E-state index contributed by atoms with van der Waals surface area (Å²) in [7, 11) is 4.22. The zero-order valence-corrected chi connectivity index (χ0v) is 13.9. The molecule has 1 unspecified atom stereocenters. The van der Waals surface area contributed by atoms with Gasteiger partial charge in [-0.25, -0.2) is 0 Å². The van der Waals surface area contributed by atoms with Gasteiger partial charge >= 0.3 is 0 Å². The zero-order valence-electron chi connectivity index (χ0n) is 12.4. The number of rotatable bonds is 6. The fourth-order valence-corrected chi connectivity index (χ4v) is 2.35. The maximum atomic E-state index is 6.09. The van der Waals surface area contributed by atoms with Crippen molar-refractivity contribution >= 4 is 23.2 Å². The van der Waals surface area contributed by atoms with Crippen molar-refractivity contribution in [1.82, 2.24) is 10.2 Å². The van der Waals surface area contributed by atoms with Crippen LogP contribution < -0.4 is 5.32 Å². The first kappa shape index (κ1) is 16.8. The maximum absolute atomic E-state index is 6.09. The number of hydrogen-bond acceptors (Lipinski definition) is 2. The van der Waals surface area contributed by atoms with Gasteiger partial charge < -0.3 is 10.2 Å². The Morgan fingerprint density at radius 2 is 1.84 bits per heavy atom. The van der Waals surface area contributed by atoms with Crippen molar-refractivity contribution < 1.29 is 0 Å². The largest absolute Gasteiger partial charge is 0.312 e. The van der Waals surface area contributed by atoms with Gasteiger partial charge in [0, 0.05) is 11.6 Å². The molecule has 0 fully saturated rings. The summed E-state index contributed by atoms with van der Waals surface area (Å²) in [5.74, 6) is 0. The Morgan fingerprint density at radius 3 is 2.32 bits per heavy atom. The molecule has 0 spiro atoms. The average molecular weight is 303 g/mol. The molecule has 1 aromatic rings. The lowest BCUT2D eigenvalue weighted by atomic mass is 9.88. The van der Waals surface area contributed by atoms with Crippen LogP contribution in [0.5, 0.6) is 0 Å². The standard InChI is InChI=1S/C15H24Cl2N2/c1-6-18-14(15(2,3)19(4)5)10-11-7-8-12(16)13(17)9-11/h7-9,14,18H,6,10H2,1-5H3. The summed E-state index contributed by atoms with van der Waals surface area (Å²) in [5, 5.41) is 4.80. The summed E-state index contributed by atoms with van der Waals surface area (Å²) in [5.41, 5.74) is 1.26. The molecule has 2 nitrogen and oxygen atoms in total. The topological polar surface area (TPSA) is 15.3 Å². The van der Waals surface area contributed by atoms with Crippen molar-refractivity contribution in [2.75, 3.05) is 20.6 Å². The fraction of sp³-hybridized carbons (Fsp3) is 0.600. The summed E-state index contributed by atoms with van der Waals surface area (Å²) < 4.78 is 0. The third kappa shape index (κ3) is 4.35. The van der Waals surface area contributed by atoms with E-state index in [0.717, 1.165) is 13.0 Å². The number of halogens is 2. The van der Waals surface area contributed by atoms with Crippen molar-refractivity contribution in [3.05, 3.63) is 33.8 Å². The summed E-state index contributed by atoms with van der Waals surface area (Å²) in [6.07, 6.45) is 0.926. The maximum Gasteiger partial charge on any atom is 0.0595 e. The van der Waals surface area contributed by atoms with Crippen LogP contribution in [-0.2, 0) is 6.42 Å². The molecular weight excluding hydrogens is 279 g/mol. The molecule has 19 heavy (non-hydrogen) atoms. The van der Waals surface area contributed by atoms with Crippen LogP contribution in [0.1, 0.15) is 26.3 Å². The smallest absolute Gasteiger partial charge is 0.0595 e. The minimum atomic E-state index is 0.0577. The van der Waals surface area contributed by atoms with E-state index in [9.17, 15) is 0 Å². The molecule has 0 amide bonds. The highest BCUT2D eigenvalue weighted by Crippen LogP contribution is 2.25. The van der Waals surface area contributed by atoms with E-state index in [1.54, 1.807) is 0 Å². The quantitative estimate of drug-likeness (QED) is 0.858. The van der Waals surface area contributed by atoms with Crippen LogP contribution in [0.25, 0.3) is 0 Å². The minimum absolute atomic E-state index is 0.0577. The second-order valence-electron chi connectivity index (χ2n) is 5.61. The lowest BCUT2D eigenvalue weighted by Gasteiger charge is -2.41. The summed E-state index contributed by atoms with van der Waals surface area (Å²) in [4.78, 5) is 2.25. The van der Waals surface area contributed by atoms with E-state index in [1.807, 2.05) is 18.2 Å². The van der Waals surface area contributed by atoms with Crippen LogP contribution in [0.2, 0.25) is 10.0 Å². The van der Waals surface area contributed by atoms with Crippen LogP contribution in [0.4, 0.5) is 0 Å². The first-order valence-corrected chi connectivity index (χ1v) is 7.39. The molecule has 0 aromatic heterocycles. The van der Waals surface area contributed by atoms with E-state index < -0.39 is 0 Å². The minimum Gasteiger partial charge on any atom is -0.312 e. The van der Waals surface area contributed by atoms with E-state index in [2.05, 4.69) is 45.1 Å². The van der Waals surface area contributed by atoms with E-state index in [-0.39, 0.29) is 5.54 Å². The molecule has 4 heteroatoms. The van der Waals surface area contributed by atoms with Crippen molar-refractivity contribution in [2.45, 2.75) is 38.8 Å². The van der Waals surface area contributed by atoms with Crippen molar-refractivity contribution in [1.29, 1.82) is 0 Å². The summed E-state index contributed by atoms with van der Waals surface area (Å²) in [6.45, 7) is 7.58. The molecule has 108 valence electrons. The Balaban J connectivity index is 2.92. The molecule has 0 heterocycles. The first-order valence-electron chi connectivity index (χ1n) is 6.63. The van der Waals surface area contributed by atoms with E-state index >= 15 is 0 Å². The van der Waals surface area contributed by atoms with Gasteiger partial charge in [0.05, 0.1) is 10.0 Å². The Bertz CT molecular complexity index is 417. The molecule has 0 radical (unpaired) electrons. The summed E-state index contributed by atoms with van der Waals surface area (Å²) >= 11 is 12.1. The lowest BCUT2D eigenvalue weighted by Crippen LogP contribution is -2.56. The van der Waals surface area contributed by atoms with Gasteiger partial charge in [-0.2, -0.15) is 0 Å². The highest BCUT2D eigenvalue weighted by Gasteiger charge is 2.31. The second-order valence-corrected chi connectivity index (χ2v) is 6.43. The highest BCUT2D eigenvalue weighted by molar-refractivity contribution is 6.42. The number of nitrogens with zero attached hydrogens (tertiary/aromatic N) is 1. The van der Waals surface area contributed by atoms with Crippen LogP contribution in [0.15, 0.2) is 18.2 Å². The molecule has 0 aliphatic carbocycles. The Hall–Kier alpha value is -0.280. The van der Waals surface area contributed by atoms with E-state index in [4.69, 9.17) is 23.2 Å². The molecule has 0 saturated carbocycles. The van der Waals surface area contributed by atoms with E-state index in [0.29, 0.717) is 16.1 Å². The highest BCUT2D eigenvalue weighted by atomic mass is 35.5. The number of nitrogens with one attached hydrogen (secondary N) is 1. The zero-order chi connectivity index (χ0) is 14.6. The predicted molar refractivity (Wildman–Crippen MR) is 85.4 cm³/mol. The first-order chi connectivity index (χ1) is 8.78. The van der Waals surface area contributed by atoms with E-state index in [1.165, 1.54) is 5.56 Å². The normalized spacial score (nSPS) is 13.9.